The van der Waals surface area contributed by atoms with Gasteiger partial charge >= 0.3 is 5.56 Å². The van der Waals surface area contributed by atoms with Gasteiger partial charge in [0, 0.05) is 11.4 Å². The molecule has 0 bridgehead atoms. The van der Waals surface area contributed by atoms with E-state index in [-0.39, 0.29) is 5.82 Å². The van der Waals surface area contributed by atoms with Crippen LogP contribution in [0, 0.1) is 13.8 Å². The summed E-state index contributed by atoms with van der Waals surface area (Å²) in [4.78, 5) is 12.5. The molecule has 3 rings (SSSR count). The largest absolute Gasteiger partial charge is 0.497 e. The molecule has 0 fully saturated rings. The molecular formula is C19H21N5O2S. The normalized spacial score (nSPS) is 10.6. The molecule has 3 aromatic rings. The van der Waals surface area contributed by atoms with Crippen molar-refractivity contribution in [2.24, 2.45) is 0 Å². The molecule has 8 heteroatoms. The first kappa shape index (κ1) is 18.8. The van der Waals surface area contributed by atoms with Gasteiger partial charge in [-0.2, -0.15) is 4.68 Å². The molecule has 1 aromatic heterocycles. The highest BCUT2D eigenvalue weighted by Crippen LogP contribution is 2.21. The summed E-state index contributed by atoms with van der Waals surface area (Å²) in [6.45, 7) is 3.98. The van der Waals surface area contributed by atoms with Gasteiger partial charge in [0.25, 0.3) is 0 Å². The van der Waals surface area contributed by atoms with Crippen molar-refractivity contribution in [3.05, 3.63) is 69.5 Å². The van der Waals surface area contributed by atoms with Gasteiger partial charge in [-0.1, -0.05) is 30.0 Å². The number of nitrogen functional groups attached to an aromatic ring is 1. The van der Waals surface area contributed by atoms with Gasteiger partial charge in [-0.3, -0.25) is 4.79 Å². The maximum Gasteiger partial charge on any atom is 0.315 e. The van der Waals surface area contributed by atoms with E-state index in [0.717, 1.165) is 32.8 Å². The summed E-state index contributed by atoms with van der Waals surface area (Å²) in [5, 5.41) is 11.5. The molecule has 7 nitrogen and oxygen atoms in total. The Bertz CT molecular complexity index is 982. The van der Waals surface area contributed by atoms with Crippen LogP contribution in [0.1, 0.15) is 16.7 Å². The number of benzene rings is 2. The number of thioether (sulfide) groups is 1. The van der Waals surface area contributed by atoms with Crippen molar-refractivity contribution in [1.29, 1.82) is 0 Å². The summed E-state index contributed by atoms with van der Waals surface area (Å²) in [5.41, 5.74) is 3.59. The number of anilines is 2. The number of aryl methyl sites for hydroxylation is 2. The lowest BCUT2D eigenvalue weighted by molar-refractivity contribution is 0.414. The smallest absolute Gasteiger partial charge is 0.315 e. The number of hydrogen-bond acceptors (Lipinski definition) is 7. The van der Waals surface area contributed by atoms with Crippen molar-refractivity contribution in [1.82, 2.24) is 14.9 Å². The molecule has 140 valence electrons. The van der Waals surface area contributed by atoms with Crippen molar-refractivity contribution in [2.45, 2.75) is 24.8 Å². The second kappa shape index (κ2) is 8.13. The Hall–Kier alpha value is -3.00. The third-order valence-corrected chi connectivity index (χ3v) is 4.89. The molecule has 2 aromatic carbocycles. The number of hydrogen-bond donors (Lipinski definition) is 2. The van der Waals surface area contributed by atoms with Crippen molar-refractivity contribution in [3.8, 4) is 5.75 Å². The topological polar surface area (TPSA) is 95.1 Å². The minimum Gasteiger partial charge on any atom is -0.497 e. The van der Waals surface area contributed by atoms with E-state index in [1.54, 1.807) is 7.11 Å². The van der Waals surface area contributed by atoms with Crippen LogP contribution in [0.5, 0.6) is 5.75 Å². The summed E-state index contributed by atoms with van der Waals surface area (Å²) >= 11 is 1.34. The zero-order valence-corrected chi connectivity index (χ0v) is 16.2. The van der Waals surface area contributed by atoms with Crippen molar-refractivity contribution >= 4 is 23.3 Å². The van der Waals surface area contributed by atoms with Crippen LogP contribution in [0.2, 0.25) is 0 Å². The standard InChI is InChI=1S/C19H21N5O2S/c1-12-8-13(2)10-15(9-12)21-17-18(25)24(20)19(23-22-17)27-11-14-4-6-16(26-3)7-5-14/h4-10H,11,20H2,1-3H3,(H,21,22). The summed E-state index contributed by atoms with van der Waals surface area (Å²) in [7, 11) is 1.63. The highest BCUT2D eigenvalue weighted by atomic mass is 32.2. The monoisotopic (exact) mass is 383 g/mol. The second-order valence-corrected chi connectivity index (χ2v) is 7.09. The number of methoxy groups -OCH3 is 1. The fraction of sp³-hybridized carbons (Fsp3) is 0.211. The summed E-state index contributed by atoms with van der Waals surface area (Å²) in [6, 6.07) is 13.6. The van der Waals surface area contributed by atoms with Crippen LogP contribution in [-0.2, 0) is 5.75 Å². The number of aromatic nitrogens is 3. The minimum atomic E-state index is -0.429. The molecule has 3 N–H and O–H groups in total. The van der Waals surface area contributed by atoms with E-state index in [1.807, 2.05) is 50.2 Å². The van der Waals surface area contributed by atoms with Crippen molar-refractivity contribution < 1.29 is 4.74 Å². The third kappa shape index (κ3) is 4.59. The number of nitrogens with one attached hydrogen (secondary N) is 1. The molecule has 0 saturated heterocycles. The molecule has 0 unspecified atom stereocenters. The first-order valence-corrected chi connectivity index (χ1v) is 9.30. The second-order valence-electron chi connectivity index (χ2n) is 6.14. The van der Waals surface area contributed by atoms with E-state index in [1.165, 1.54) is 11.8 Å². The molecule has 0 aliphatic carbocycles. The summed E-state index contributed by atoms with van der Waals surface area (Å²) in [5.74, 6) is 7.42. The summed E-state index contributed by atoms with van der Waals surface area (Å²) < 4.78 is 6.16. The Kier molecular flexibility index (Phi) is 5.66. The van der Waals surface area contributed by atoms with Gasteiger partial charge in [0.1, 0.15) is 5.75 Å². The number of nitrogens with two attached hydrogens (primary N) is 1. The Morgan fingerprint density at radius 3 is 2.41 bits per heavy atom. The van der Waals surface area contributed by atoms with E-state index >= 15 is 0 Å². The van der Waals surface area contributed by atoms with Crippen LogP contribution >= 0.6 is 11.8 Å². The van der Waals surface area contributed by atoms with Crippen molar-refractivity contribution in [3.63, 3.8) is 0 Å². The lowest BCUT2D eigenvalue weighted by Gasteiger charge is -2.10. The number of rotatable bonds is 6. The van der Waals surface area contributed by atoms with Gasteiger partial charge in [0.05, 0.1) is 7.11 Å². The first-order valence-electron chi connectivity index (χ1n) is 8.32. The first-order chi connectivity index (χ1) is 13.0. The molecule has 0 saturated carbocycles. The average Bonchev–Trinajstić information content (AvgIpc) is 2.64. The fourth-order valence-corrected chi connectivity index (χ4v) is 3.42. The highest BCUT2D eigenvalue weighted by molar-refractivity contribution is 7.98. The molecule has 0 radical (unpaired) electrons. The lowest BCUT2D eigenvalue weighted by atomic mass is 10.1. The van der Waals surface area contributed by atoms with Gasteiger partial charge in [-0.25, -0.2) is 0 Å². The van der Waals surface area contributed by atoms with Crippen LogP contribution < -0.4 is 21.5 Å². The van der Waals surface area contributed by atoms with Crippen LogP contribution in [0.25, 0.3) is 0 Å². The Labute approximate surface area is 161 Å². The average molecular weight is 383 g/mol. The SMILES string of the molecule is COc1ccc(CSc2nnc(Nc3cc(C)cc(C)c3)c(=O)n2N)cc1. The summed E-state index contributed by atoms with van der Waals surface area (Å²) in [6.07, 6.45) is 0. The molecule has 0 aliphatic rings. The van der Waals surface area contributed by atoms with Gasteiger partial charge in [0.15, 0.2) is 0 Å². The van der Waals surface area contributed by atoms with E-state index in [4.69, 9.17) is 10.6 Å². The van der Waals surface area contributed by atoms with Gasteiger partial charge < -0.3 is 15.9 Å². The molecule has 0 spiro atoms. The van der Waals surface area contributed by atoms with E-state index in [2.05, 4.69) is 21.6 Å². The Balaban J connectivity index is 1.75. The zero-order chi connectivity index (χ0) is 19.4. The number of nitrogens with zero attached hydrogens (tertiary/aromatic N) is 3. The van der Waals surface area contributed by atoms with Gasteiger partial charge in [0.2, 0.25) is 11.0 Å². The zero-order valence-electron chi connectivity index (χ0n) is 15.4. The molecule has 27 heavy (non-hydrogen) atoms. The predicted molar refractivity (Wildman–Crippen MR) is 108 cm³/mol. The quantitative estimate of drug-likeness (QED) is 0.499. The van der Waals surface area contributed by atoms with Gasteiger partial charge in [-0.05, 0) is 54.8 Å². The predicted octanol–water partition coefficient (Wildman–Crippen LogP) is 3.01. The minimum absolute atomic E-state index is 0.0938. The Morgan fingerprint density at radius 1 is 1.11 bits per heavy atom. The van der Waals surface area contributed by atoms with E-state index in [9.17, 15) is 4.79 Å². The van der Waals surface area contributed by atoms with Crippen molar-refractivity contribution in [2.75, 3.05) is 18.3 Å². The van der Waals surface area contributed by atoms with E-state index in [0.29, 0.717) is 10.9 Å². The maximum absolute atomic E-state index is 12.5. The van der Waals surface area contributed by atoms with E-state index < -0.39 is 5.56 Å². The third-order valence-electron chi connectivity index (χ3n) is 3.87. The van der Waals surface area contributed by atoms with Crippen LogP contribution in [0.3, 0.4) is 0 Å². The molecular weight excluding hydrogens is 362 g/mol. The fourth-order valence-electron chi connectivity index (χ4n) is 2.61. The van der Waals surface area contributed by atoms with Crippen LogP contribution in [0.15, 0.2) is 52.4 Å². The Morgan fingerprint density at radius 2 is 1.78 bits per heavy atom. The van der Waals surface area contributed by atoms with Crippen LogP contribution in [-0.4, -0.2) is 22.0 Å². The number of ether oxygens (including phenoxy) is 1. The molecule has 0 amide bonds. The molecule has 0 aliphatic heterocycles. The maximum atomic E-state index is 12.5. The van der Waals surface area contributed by atoms with Gasteiger partial charge in [-0.15, -0.1) is 10.2 Å². The highest BCUT2D eigenvalue weighted by Gasteiger charge is 2.11. The molecule has 0 atom stereocenters. The molecule has 1 heterocycles. The van der Waals surface area contributed by atoms with Crippen LogP contribution in [0.4, 0.5) is 11.5 Å². The lowest BCUT2D eigenvalue weighted by Crippen LogP contribution is -2.32.